The van der Waals surface area contributed by atoms with Crippen molar-refractivity contribution in [2.45, 2.75) is 38.2 Å². The predicted molar refractivity (Wildman–Crippen MR) is 109 cm³/mol. The number of carbonyl (C=O) groups excluding carboxylic acids is 2. The van der Waals surface area contributed by atoms with E-state index in [1.807, 2.05) is 0 Å². The van der Waals surface area contributed by atoms with Gasteiger partial charge in [0.15, 0.2) is 5.82 Å². The van der Waals surface area contributed by atoms with Gasteiger partial charge >= 0.3 is 0 Å². The topological polar surface area (TPSA) is 128 Å². The highest BCUT2D eigenvalue weighted by Gasteiger charge is 2.32. The average Bonchev–Trinajstić information content (AvgIpc) is 3.29. The maximum atomic E-state index is 12.7. The highest BCUT2D eigenvalue weighted by atomic mass is 32.2. The Morgan fingerprint density at radius 3 is 2.42 bits per heavy atom. The number of sulfonamides is 1. The molecule has 31 heavy (non-hydrogen) atoms. The van der Waals surface area contributed by atoms with Crippen LogP contribution in [0.5, 0.6) is 5.88 Å². The highest BCUT2D eigenvalue weighted by molar-refractivity contribution is 7.89. The van der Waals surface area contributed by atoms with Gasteiger partial charge in [-0.25, -0.2) is 17.4 Å². The molecule has 0 unspecified atom stereocenters. The molecule has 2 aromatic rings. The standard InChI is InChI=1S/C19H24N6O5S/c26-18-3-1-4-19(27)24(18)13-14-31(28,29)23-11-7-15(8-12-23)30-17-6-5-16(21-22-17)25-10-2-9-20-25/h2,5-6,9-10,15H,1,3-4,7-8,11-14H2. The van der Waals surface area contributed by atoms with Gasteiger partial charge in [-0.1, -0.05) is 0 Å². The maximum absolute atomic E-state index is 12.7. The van der Waals surface area contributed by atoms with E-state index >= 15 is 0 Å². The van der Waals surface area contributed by atoms with E-state index in [9.17, 15) is 18.0 Å². The van der Waals surface area contributed by atoms with Gasteiger partial charge in [0.25, 0.3) is 0 Å². The Labute approximate surface area is 180 Å². The van der Waals surface area contributed by atoms with Crippen molar-refractivity contribution >= 4 is 21.8 Å². The van der Waals surface area contributed by atoms with E-state index in [1.54, 1.807) is 35.3 Å². The predicted octanol–water partition coefficient (Wildman–Crippen LogP) is 0.374. The van der Waals surface area contributed by atoms with Crippen LogP contribution in [-0.2, 0) is 19.6 Å². The number of piperidine rings is 2. The van der Waals surface area contributed by atoms with Crippen LogP contribution in [-0.4, -0.2) is 80.9 Å². The van der Waals surface area contributed by atoms with E-state index in [1.165, 1.54) is 4.31 Å². The van der Waals surface area contributed by atoms with Gasteiger partial charge < -0.3 is 4.74 Å². The molecule has 11 nitrogen and oxygen atoms in total. The molecule has 0 aliphatic carbocycles. The monoisotopic (exact) mass is 448 g/mol. The molecule has 0 bridgehead atoms. The Balaban J connectivity index is 1.27. The quantitative estimate of drug-likeness (QED) is 0.556. The van der Waals surface area contributed by atoms with Crippen LogP contribution < -0.4 is 4.74 Å². The number of ether oxygens (including phenoxy) is 1. The van der Waals surface area contributed by atoms with Gasteiger partial charge in [-0.15, -0.1) is 10.2 Å². The normalized spacial score (nSPS) is 19.0. The maximum Gasteiger partial charge on any atom is 0.233 e. The van der Waals surface area contributed by atoms with Crippen LogP contribution in [0.25, 0.3) is 5.82 Å². The summed E-state index contributed by atoms with van der Waals surface area (Å²) in [4.78, 5) is 24.8. The lowest BCUT2D eigenvalue weighted by Crippen LogP contribution is -2.47. The van der Waals surface area contributed by atoms with Crippen LogP contribution in [0, 0.1) is 0 Å². The van der Waals surface area contributed by atoms with Crippen molar-refractivity contribution in [3.63, 3.8) is 0 Å². The molecule has 2 saturated heterocycles. The third-order valence-electron chi connectivity index (χ3n) is 5.40. The summed E-state index contributed by atoms with van der Waals surface area (Å²) in [6.07, 6.45) is 5.40. The largest absolute Gasteiger partial charge is 0.473 e. The summed E-state index contributed by atoms with van der Waals surface area (Å²) in [5.41, 5.74) is 0. The average molecular weight is 449 g/mol. The molecule has 2 amide bonds. The first-order valence-electron chi connectivity index (χ1n) is 10.2. The van der Waals surface area contributed by atoms with E-state index in [2.05, 4.69) is 15.3 Å². The Bertz CT molecular complexity index is 1000. The van der Waals surface area contributed by atoms with Crippen molar-refractivity contribution in [2.24, 2.45) is 0 Å². The molecule has 0 radical (unpaired) electrons. The van der Waals surface area contributed by atoms with Gasteiger partial charge in [-0.3, -0.25) is 14.5 Å². The molecular weight excluding hydrogens is 424 g/mol. The molecule has 4 heterocycles. The lowest BCUT2D eigenvalue weighted by atomic mass is 10.1. The number of imide groups is 1. The number of carbonyl (C=O) groups is 2. The zero-order chi connectivity index (χ0) is 21.8. The second kappa shape index (κ2) is 9.10. The Morgan fingerprint density at radius 1 is 1.06 bits per heavy atom. The number of nitrogens with zero attached hydrogens (tertiary/aromatic N) is 6. The number of amides is 2. The Morgan fingerprint density at radius 2 is 1.81 bits per heavy atom. The zero-order valence-corrected chi connectivity index (χ0v) is 17.8. The van der Waals surface area contributed by atoms with Gasteiger partial charge in [-0.05, 0) is 31.4 Å². The van der Waals surface area contributed by atoms with Gasteiger partial charge in [0.2, 0.25) is 27.7 Å². The first-order valence-corrected chi connectivity index (χ1v) is 11.8. The van der Waals surface area contributed by atoms with Crippen LogP contribution >= 0.6 is 0 Å². The minimum atomic E-state index is -3.56. The molecule has 2 fully saturated rings. The Kier molecular flexibility index (Phi) is 6.28. The summed E-state index contributed by atoms with van der Waals surface area (Å²) in [7, 11) is -3.56. The van der Waals surface area contributed by atoms with Gasteiger partial charge in [-0.2, -0.15) is 5.10 Å². The lowest BCUT2D eigenvalue weighted by Gasteiger charge is -2.32. The second-order valence-corrected chi connectivity index (χ2v) is 9.59. The van der Waals surface area contributed by atoms with Gasteiger partial charge in [0.05, 0.1) is 5.75 Å². The number of hydrogen-bond donors (Lipinski definition) is 0. The minimum Gasteiger partial charge on any atom is -0.473 e. The summed E-state index contributed by atoms with van der Waals surface area (Å²) in [6, 6.07) is 5.24. The van der Waals surface area contributed by atoms with Crippen LogP contribution in [0.2, 0.25) is 0 Å². The van der Waals surface area contributed by atoms with Crippen molar-refractivity contribution in [2.75, 3.05) is 25.4 Å². The number of rotatable bonds is 7. The fraction of sp³-hybridized carbons (Fsp3) is 0.526. The van der Waals surface area contributed by atoms with Gasteiger partial charge in [0.1, 0.15) is 6.10 Å². The fourth-order valence-electron chi connectivity index (χ4n) is 3.69. The molecule has 2 aliphatic rings. The van der Waals surface area contributed by atoms with Crippen LogP contribution in [0.15, 0.2) is 30.6 Å². The third-order valence-corrected chi connectivity index (χ3v) is 7.25. The smallest absolute Gasteiger partial charge is 0.233 e. The molecule has 2 aromatic heterocycles. The number of likely N-dealkylation sites (tertiary alicyclic amines) is 1. The van der Waals surface area contributed by atoms with E-state index < -0.39 is 10.0 Å². The molecule has 2 aliphatic heterocycles. The van der Waals surface area contributed by atoms with Crippen LogP contribution in [0.3, 0.4) is 0 Å². The first-order chi connectivity index (χ1) is 14.9. The summed E-state index contributed by atoms with van der Waals surface area (Å²) in [5, 5.41) is 12.2. The second-order valence-electron chi connectivity index (χ2n) is 7.51. The summed E-state index contributed by atoms with van der Waals surface area (Å²) >= 11 is 0. The Hall–Kier alpha value is -2.86. The lowest BCUT2D eigenvalue weighted by molar-refractivity contribution is -0.147. The van der Waals surface area contributed by atoms with Crippen molar-refractivity contribution in [1.29, 1.82) is 0 Å². The third kappa shape index (κ3) is 5.07. The highest BCUT2D eigenvalue weighted by Crippen LogP contribution is 2.20. The van der Waals surface area contributed by atoms with Crippen LogP contribution in [0.4, 0.5) is 0 Å². The van der Waals surface area contributed by atoms with E-state index in [0.717, 1.165) is 4.90 Å². The molecule has 0 N–H and O–H groups in total. The summed E-state index contributed by atoms with van der Waals surface area (Å²) in [6.45, 7) is 0.538. The van der Waals surface area contributed by atoms with Crippen molar-refractivity contribution in [3.05, 3.63) is 30.6 Å². The fourth-order valence-corrected chi connectivity index (χ4v) is 5.12. The molecule has 0 spiro atoms. The molecule has 166 valence electrons. The van der Waals surface area contributed by atoms with Gasteiger partial charge in [0, 0.05) is 50.9 Å². The van der Waals surface area contributed by atoms with Crippen molar-refractivity contribution in [1.82, 2.24) is 29.2 Å². The number of aromatic nitrogens is 4. The van der Waals surface area contributed by atoms with Crippen molar-refractivity contribution in [3.8, 4) is 11.7 Å². The summed E-state index contributed by atoms with van der Waals surface area (Å²) < 4.78 is 34.2. The molecule has 0 atom stereocenters. The molecule has 4 rings (SSSR count). The molecule has 12 heteroatoms. The number of hydrogen-bond acceptors (Lipinski definition) is 8. The van der Waals surface area contributed by atoms with Crippen molar-refractivity contribution < 1.29 is 22.7 Å². The van der Waals surface area contributed by atoms with Crippen LogP contribution in [0.1, 0.15) is 32.1 Å². The first kappa shape index (κ1) is 21.4. The van der Waals surface area contributed by atoms with E-state index in [4.69, 9.17) is 4.74 Å². The minimum absolute atomic E-state index is 0.0887. The zero-order valence-electron chi connectivity index (χ0n) is 17.0. The molecule has 0 saturated carbocycles. The van der Waals surface area contributed by atoms with E-state index in [0.29, 0.717) is 56.9 Å². The molecule has 0 aromatic carbocycles. The SMILES string of the molecule is O=C1CCCC(=O)N1CCS(=O)(=O)N1CCC(Oc2ccc(-n3cccn3)nn2)CC1. The molecular formula is C19H24N6O5S. The van der Waals surface area contributed by atoms with E-state index in [-0.39, 0.29) is 30.2 Å². The summed E-state index contributed by atoms with van der Waals surface area (Å²) in [5.74, 6) is 0.107.